The van der Waals surface area contributed by atoms with Gasteiger partial charge in [-0.1, -0.05) is 87.8 Å². The predicted molar refractivity (Wildman–Crippen MR) is 212 cm³/mol. The van der Waals surface area contributed by atoms with Crippen LogP contribution in [0.2, 0.25) is 5.82 Å². The van der Waals surface area contributed by atoms with Crippen LogP contribution in [0.3, 0.4) is 0 Å². The van der Waals surface area contributed by atoms with E-state index in [1.165, 1.54) is 127 Å². The van der Waals surface area contributed by atoms with E-state index in [1.807, 2.05) is 0 Å². The quantitative estimate of drug-likeness (QED) is 0.202. The molecule has 6 heteroatoms. The molecule has 11 aliphatic rings. The van der Waals surface area contributed by atoms with Gasteiger partial charge in [0.25, 0.3) is 0 Å². The van der Waals surface area contributed by atoms with Crippen LogP contribution in [0.15, 0.2) is 48.5 Å². The van der Waals surface area contributed by atoms with Crippen LogP contribution in [0.25, 0.3) is 0 Å². The van der Waals surface area contributed by atoms with Crippen molar-refractivity contribution >= 4 is 17.6 Å². The largest absolute Gasteiger partial charge is 0.491 e. The van der Waals surface area contributed by atoms with Crippen molar-refractivity contribution in [2.45, 2.75) is 176 Å². The number of hydrogen-bond donors (Lipinski definition) is 0. The van der Waals surface area contributed by atoms with Crippen LogP contribution in [-0.2, 0) is 9.47 Å². The average molecular weight is 728 g/mol. The number of nitrogens with zero attached hydrogens (tertiary/aromatic N) is 1. The zero-order valence-electron chi connectivity index (χ0n) is 32.4. The molecule has 0 N–H and O–H groups in total. The Kier molecular flexibility index (Phi) is 7.79. The summed E-state index contributed by atoms with van der Waals surface area (Å²) in [4.78, 5) is 3.18. The van der Waals surface area contributed by atoms with Gasteiger partial charge in [-0.15, -0.1) is 0 Å². The van der Waals surface area contributed by atoms with Gasteiger partial charge in [0.05, 0.1) is 36.6 Å². The van der Waals surface area contributed by atoms with E-state index in [9.17, 15) is 0 Å². The van der Waals surface area contributed by atoms with Crippen molar-refractivity contribution in [3.05, 3.63) is 48.5 Å². The SMILES string of the molecule is c1ccc2c(c1)OC1CC3C4CCCCC4C4C(CC5OC6CCCCC6N6C7CCCCC7OC4C56)C4CCCCC4C3C3Oc4ccccc4B2C13. The molecule has 54 heavy (non-hydrogen) atoms. The fourth-order valence-corrected chi connectivity index (χ4v) is 17.2. The normalized spacial score (nSPS) is 49.7. The summed E-state index contributed by atoms with van der Waals surface area (Å²) in [7, 11) is 0. The first-order chi connectivity index (χ1) is 26.8. The lowest BCUT2D eigenvalue weighted by molar-refractivity contribution is -0.305. The average Bonchev–Trinajstić information content (AvgIpc) is 3.22. The number of hydrogen-bond acceptors (Lipinski definition) is 5. The first-order valence-electron chi connectivity index (χ1n) is 23.4. The Hall–Kier alpha value is -2.02. The number of fused-ring (bicyclic) bond motifs is 18. The van der Waals surface area contributed by atoms with Gasteiger partial charge < -0.3 is 18.9 Å². The van der Waals surface area contributed by atoms with Crippen molar-refractivity contribution in [1.29, 1.82) is 0 Å². The molecule has 2 saturated heterocycles. The molecular weight excluding hydrogens is 665 g/mol. The van der Waals surface area contributed by atoms with Crippen molar-refractivity contribution in [1.82, 2.24) is 4.90 Å². The van der Waals surface area contributed by atoms with Crippen molar-refractivity contribution in [3.63, 3.8) is 0 Å². The molecule has 0 spiro atoms. The molecule has 13 rings (SSSR count). The minimum atomic E-state index is 0.222. The molecule has 18 unspecified atom stereocenters. The molecule has 4 heterocycles. The molecular formula is C48H62BNO4. The Balaban J connectivity index is 0.956. The second-order valence-corrected chi connectivity index (χ2v) is 20.5. The fraction of sp³-hybridized carbons (Fsp3) is 0.750. The molecule has 4 aliphatic heterocycles. The van der Waals surface area contributed by atoms with E-state index >= 15 is 0 Å². The summed E-state index contributed by atoms with van der Waals surface area (Å²) < 4.78 is 30.1. The van der Waals surface area contributed by atoms with Gasteiger partial charge in [0, 0.05) is 23.8 Å². The molecule has 286 valence electrons. The topological polar surface area (TPSA) is 40.2 Å². The summed E-state index contributed by atoms with van der Waals surface area (Å²) in [5, 5.41) is 0. The minimum Gasteiger partial charge on any atom is -0.491 e. The molecule has 18 atom stereocenters. The van der Waals surface area contributed by atoms with Crippen molar-refractivity contribution < 1.29 is 18.9 Å². The highest BCUT2D eigenvalue weighted by Gasteiger charge is 2.67. The Morgan fingerprint density at radius 3 is 1.65 bits per heavy atom. The molecule has 0 aromatic heterocycles. The lowest BCUT2D eigenvalue weighted by Crippen LogP contribution is -2.77. The monoisotopic (exact) mass is 727 g/mol. The minimum absolute atomic E-state index is 0.222. The number of rotatable bonds is 0. The Morgan fingerprint density at radius 1 is 0.463 bits per heavy atom. The molecule has 5 nitrogen and oxygen atoms in total. The zero-order valence-corrected chi connectivity index (χ0v) is 32.4. The van der Waals surface area contributed by atoms with Gasteiger partial charge in [-0.2, -0.15) is 0 Å². The van der Waals surface area contributed by atoms with Crippen LogP contribution in [0.1, 0.15) is 116 Å². The summed E-state index contributed by atoms with van der Waals surface area (Å²) in [5.74, 6) is 8.28. The second-order valence-electron chi connectivity index (χ2n) is 20.5. The van der Waals surface area contributed by atoms with Crippen LogP contribution < -0.4 is 20.4 Å². The number of morpholine rings is 2. The lowest BCUT2D eigenvalue weighted by atomic mass is 9.27. The highest BCUT2D eigenvalue weighted by molar-refractivity contribution is 6.88. The molecule has 0 amide bonds. The Bertz CT molecular complexity index is 1750. The van der Waals surface area contributed by atoms with Crippen LogP contribution in [0, 0.1) is 47.3 Å². The maximum atomic E-state index is 7.80. The van der Waals surface area contributed by atoms with Gasteiger partial charge in [0.2, 0.25) is 6.71 Å². The molecule has 2 aromatic rings. The van der Waals surface area contributed by atoms with E-state index in [-0.39, 0.29) is 12.2 Å². The lowest BCUT2D eigenvalue weighted by Gasteiger charge is -2.68. The van der Waals surface area contributed by atoms with Crippen molar-refractivity contribution in [2.75, 3.05) is 0 Å². The van der Waals surface area contributed by atoms with Crippen LogP contribution in [-0.4, -0.2) is 66.4 Å². The highest BCUT2D eigenvalue weighted by Crippen LogP contribution is 2.65. The van der Waals surface area contributed by atoms with Gasteiger partial charge in [-0.25, -0.2) is 0 Å². The fourth-order valence-electron chi connectivity index (χ4n) is 17.2. The Morgan fingerprint density at radius 2 is 0.981 bits per heavy atom. The molecule has 0 radical (unpaired) electrons. The van der Waals surface area contributed by atoms with Crippen molar-refractivity contribution in [2.24, 2.45) is 47.3 Å². The van der Waals surface area contributed by atoms with E-state index in [4.69, 9.17) is 18.9 Å². The van der Waals surface area contributed by atoms with E-state index in [1.54, 1.807) is 0 Å². The number of ether oxygens (including phenoxy) is 4. The Labute approximate surface area is 324 Å². The summed E-state index contributed by atoms with van der Waals surface area (Å²) in [5.41, 5.74) is 2.79. The van der Waals surface area contributed by atoms with Gasteiger partial charge in [-0.05, 0) is 129 Å². The maximum Gasteiger partial charge on any atom is 0.229 e. The standard InChI is InChI=1S/C48H62BNO4/c1-3-15-29-27(13-1)32-26-42-46-48(54-40-24-12-8-20-36(40)50(46)35-19-7-11-23-39(35)52-42)44(32)30-16-4-2-14-28(30)31-25-41-45-47(43(29)31)53-38-22-10-6-18-34(38)49(45)33-17-5-9-21-37(33)51-41/h5-6,9-10,17-18,21-22,27-32,35-36,39-48H,1-4,7-8,11-16,19-20,23-26H2. The van der Waals surface area contributed by atoms with Crippen LogP contribution in [0.4, 0.5) is 0 Å². The second kappa shape index (κ2) is 12.7. The third-order valence-electron chi connectivity index (χ3n) is 18.7. The van der Waals surface area contributed by atoms with E-state index < -0.39 is 0 Å². The van der Waals surface area contributed by atoms with Crippen LogP contribution >= 0.6 is 0 Å². The van der Waals surface area contributed by atoms with E-state index in [0.29, 0.717) is 78.7 Å². The number of para-hydroxylation sites is 2. The van der Waals surface area contributed by atoms with E-state index in [2.05, 4.69) is 53.4 Å². The maximum absolute atomic E-state index is 7.80. The zero-order chi connectivity index (χ0) is 35.1. The van der Waals surface area contributed by atoms with Gasteiger partial charge >= 0.3 is 0 Å². The molecule has 2 aromatic carbocycles. The van der Waals surface area contributed by atoms with Gasteiger partial charge in [0.1, 0.15) is 17.6 Å². The molecule has 7 saturated carbocycles. The summed E-state index contributed by atoms with van der Waals surface area (Å²) >= 11 is 0. The van der Waals surface area contributed by atoms with Gasteiger partial charge in [-0.3, -0.25) is 4.90 Å². The third kappa shape index (κ3) is 4.69. The molecule has 7 aliphatic carbocycles. The number of benzene rings is 2. The molecule has 0 bridgehead atoms. The summed E-state index contributed by atoms with van der Waals surface area (Å²) in [6.07, 6.45) is 26.4. The van der Waals surface area contributed by atoms with E-state index in [0.717, 1.165) is 35.2 Å². The molecule has 9 fully saturated rings. The third-order valence-corrected chi connectivity index (χ3v) is 18.7. The highest BCUT2D eigenvalue weighted by atomic mass is 16.5. The first kappa shape index (κ1) is 33.0. The smallest absolute Gasteiger partial charge is 0.229 e. The van der Waals surface area contributed by atoms with Gasteiger partial charge in [0.15, 0.2) is 0 Å². The van der Waals surface area contributed by atoms with Crippen LogP contribution in [0.5, 0.6) is 11.5 Å². The predicted octanol–water partition coefficient (Wildman–Crippen LogP) is 8.18. The summed E-state index contributed by atoms with van der Waals surface area (Å²) in [6.45, 7) is 0.359. The van der Waals surface area contributed by atoms with Crippen molar-refractivity contribution in [3.8, 4) is 11.5 Å². The first-order valence-corrected chi connectivity index (χ1v) is 23.4. The summed E-state index contributed by atoms with van der Waals surface area (Å²) in [6, 6.07) is 19.9.